The Morgan fingerprint density at radius 2 is 1.53 bits per heavy atom. The molecule has 3 saturated carbocycles. The lowest BCUT2D eigenvalue weighted by atomic mass is 9.78. The standard InChI is InChI=1S/C26H42N2O4/c1-18-23(25(29)32-21-13-7-2-3-8-14-21)24(28-26(30)27-18)20-12-9-15-22(16-20)31-17-19-10-5-4-6-11-19/h19-22,24H,2-17H2,1H3,(H2,27,28,30). The molecule has 4 rings (SSSR count). The third-order valence-corrected chi connectivity index (χ3v) is 8.03. The normalized spacial score (nSPS) is 30.9. The van der Waals surface area contributed by atoms with E-state index in [0.29, 0.717) is 17.2 Å². The van der Waals surface area contributed by atoms with Crippen LogP contribution in [0, 0.1) is 11.8 Å². The Hall–Kier alpha value is -1.56. The van der Waals surface area contributed by atoms with E-state index in [4.69, 9.17) is 9.47 Å². The molecule has 32 heavy (non-hydrogen) atoms. The van der Waals surface area contributed by atoms with E-state index in [1.54, 1.807) is 0 Å². The number of amides is 2. The molecule has 1 aliphatic heterocycles. The molecule has 180 valence electrons. The van der Waals surface area contributed by atoms with Gasteiger partial charge in [-0.3, -0.25) is 0 Å². The zero-order valence-corrected chi connectivity index (χ0v) is 19.8. The summed E-state index contributed by atoms with van der Waals surface area (Å²) < 4.78 is 12.3. The van der Waals surface area contributed by atoms with Gasteiger partial charge >= 0.3 is 12.0 Å². The van der Waals surface area contributed by atoms with Crippen molar-refractivity contribution < 1.29 is 19.1 Å². The fraction of sp³-hybridized carbons (Fsp3) is 0.846. The van der Waals surface area contributed by atoms with E-state index in [2.05, 4.69) is 10.6 Å². The molecule has 4 aliphatic rings. The number of carbonyl (C=O) groups is 2. The number of carbonyl (C=O) groups excluding carboxylic acids is 2. The van der Waals surface area contributed by atoms with Crippen molar-refractivity contribution in [2.45, 2.75) is 121 Å². The second-order valence-electron chi connectivity index (χ2n) is 10.5. The molecule has 3 aliphatic carbocycles. The van der Waals surface area contributed by atoms with Crippen LogP contribution in [0.3, 0.4) is 0 Å². The highest BCUT2D eigenvalue weighted by Gasteiger charge is 2.39. The van der Waals surface area contributed by atoms with Gasteiger partial charge in [0.1, 0.15) is 6.10 Å². The van der Waals surface area contributed by atoms with Gasteiger partial charge in [-0.1, -0.05) is 38.5 Å². The smallest absolute Gasteiger partial charge is 0.338 e. The van der Waals surface area contributed by atoms with E-state index in [-0.39, 0.29) is 36.2 Å². The van der Waals surface area contributed by atoms with Crippen molar-refractivity contribution in [2.24, 2.45) is 11.8 Å². The number of hydrogen-bond donors (Lipinski definition) is 2. The number of esters is 1. The van der Waals surface area contributed by atoms with Gasteiger partial charge in [-0.15, -0.1) is 0 Å². The first-order valence-corrected chi connectivity index (χ1v) is 13.2. The van der Waals surface area contributed by atoms with Crippen molar-refractivity contribution in [1.29, 1.82) is 0 Å². The molecule has 2 amide bonds. The summed E-state index contributed by atoms with van der Waals surface area (Å²) in [5.41, 5.74) is 1.26. The van der Waals surface area contributed by atoms with Gasteiger partial charge < -0.3 is 20.1 Å². The number of nitrogens with one attached hydrogen (secondary N) is 2. The third kappa shape index (κ3) is 6.27. The van der Waals surface area contributed by atoms with E-state index in [1.807, 2.05) is 6.92 Å². The van der Waals surface area contributed by atoms with Gasteiger partial charge in [0.15, 0.2) is 0 Å². The quantitative estimate of drug-likeness (QED) is 0.425. The molecule has 6 nitrogen and oxygen atoms in total. The molecule has 3 unspecified atom stereocenters. The summed E-state index contributed by atoms with van der Waals surface area (Å²) in [5.74, 6) is 0.657. The topological polar surface area (TPSA) is 76.7 Å². The monoisotopic (exact) mass is 446 g/mol. The number of allylic oxidation sites excluding steroid dienone is 1. The molecule has 2 N–H and O–H groups in total. The van der Waals surface area contributed by atoms with Crippen molar-refractivity contribution in [3.63, 3.8) is 0 Å². The largest absolute Gasteiger partial charge is 0.459 e. The zero-order valence-electron chi connectivity index (χ0n) is 19.8. The summed E-state index contributed by atoms with van der Waals surface area (Å²) in [6.45, 7) is 2.69. The average Bonchev–Trinajstić information content (AvgIpc) is 3.06. The molecule has 0 bridgehead atoms. The number of ether oxygens (including phenoxy) is 2. The van der Waals surface area contributed by atoms with Gasteiger partial charge in [-0.05, 0) is 76.5 Å². The van der Waals surface area contributed by atoms with E-state index >= 15 is 0 Å². The Morgan fingerprint density at radius 1 is 0.875 bits per heavy atom. The van der Waals surface area contributed by atoms with Crippen molar-refractivity contribution >= 4 is 12.0 Å². The fourth-order valence-electron chi connectivity index (χ4n) is 6.19. The SMILES string of the molecule is CC1=C(C(=O)OC2CCCCCC2)C(C2CCCC(OCC3CCCCC3)C2)NC(=O)N1. The molecule has 3 atom stereocenters. The van der Waals surface area contributed by atoms with Crippen LogP contribution in [0.5, 0.6) is 0 Å². The highest BCUT2D eigenvalue weighted by Crippen LogP contribution is 2.35. The van der Waals surface area contributed by atoms with E-state index in [1.165, 1.54) is 44.9 Å². The van der Waals surface area contributed by atoms with Crippen LogP contribution >= 0.6 is 0 Å². The van der Waals surface area contributed by atoms with Crippen LogP contribution < -0.4 is 10.6 Å². The van der Waals surface area contributed by atoms with Gasteiger partial charge in [0.05, 0.1) is 17.7 Å². The Balaban J connectivity index is 1.39. The molecule has 0 aromatic heterocycles. The lowest BCUT2D eigenvalue weighted by Gasteiger charge is -2.38. The Kier molecular flexibility index (Phi) is 8.50. The molecule has 6 heteroatoms. The van der Waals surface area contributed by atoms with Crippen LogP contribution in [-0.4, -0.2) is 36.9 Å². The molecule has 0 aromatic rings. The minimum absolute atomic E-state index is 0.00140. The summed E-state index contributed by atoms with van der Waals surface area (Å²) in [7, 11) is 0. The van der Waals surface area contributed by atoms with Gasteiger partial charge in [0, 0.05) is 12.3 Å². The molecule has 0 radical (unpaired) electrons. The van der Waals surface area contributed by atoms with Gasteiger partial charge in [0.2, 0.25) is 0 Å². The average molecular weight is 447 g/mol. The molecule has 0 saturated heterocycles. The maximum Gasteiger partial charge on any atom is 0.338 e. The van der Waals surface area contributed by atoms with Crippen molar-refractivity contribution in [1.82, 2.24) is 10.6 Å². The van der Waals surface area contributed by atoms with Crippen LogP contribution in [-0.2, 0) is 14.3 Å². The van der Waals surface area contributed by atoms with Crippen LogP contribution in [0.15, 0.2) is 11.3 Å². The Labute approximate surface area is 193 Å². The number of rotatable bonds is 6. The fourth-order valence-corrected chi connectivity index (χ4v) is 6.19. The van der Waals surface area contributed by atoms with Gasteiger partial charge in [-0.2, -0.15) is 0 Å². The Morgan fingerprint density at radius 3 is 2.28 bits per heavy atom. The highest BCUT2D eigenvalue weighted by atomic mass is 16.5. The summed E-state index contributed by atoms with van der Waals surface area (Å²) in [6.07, 6.45) is 17.5. The summed E-state index contributed by atoms with van der Waals surface area (Å²) in [5, 5.41) is 5.86. The van der Waals surface area contributed by atoms with E-state index in [0.717, 1.165) is 58.0 Å². The molecule has 0 aromatic carbocycles. The predicted octanol–water partition coefficient (Wildman–Crippen LogP) is 5.36. The molecule has 3 fully saturated rings. The molecule has 0 spiro atoms. The lowest BCUT2D eigenvalue weighted by Crippen LogP contribution is -2.54. The number of hydrogen-bond acceptors (Lipinski definition) is 4. The zero-order chi connectivity index (χ0) is 22.3. The first kappa shape index (κ1) is 23.6. The highest BCUT2D eigenvalue weighted by molar-refractivity contribution is 5.94. The number of urea groups is 1. The van der Waals surface area contributed by atoms with Gasteiger partial charge in [-0.25, -0.2) is 9.59 Å². The maximum absolute atomic E-state index is 13.3. The third-order valence-electron chi connectivity index (χ3n) is 8.03. The van der Waals surface area contributed by atoms with Crippen molar-refractivity contribution in [3.05, 3.63) is 11.3 Å². The second kappa shape index (κ2) is 11.5. The van der Waals surface area contributed by atoms with Gasteiger partial charge in [0.25, 0.3) is 0 Å². The van der Waals surface area contributed by atoms with Crippen LogP contribution in [0.2, 0.25) is 0 Å². The second-order valence-corrected chi connectivity index (χ2v) is 10.5. The Bertz CT molecular complexity index is 677. The van der Waals surface area contributed by atoms with E-state index in [9.17, 15) is 9.59 Å². The van der Waals surface area contributed by atoms with Crippen molar-refractivity contribution in [2.75, 3.05) is 6.61 Å². The van der Waals surface area contributed by atoms with Crippen molar-refractivity contribution in [3.8, 4) is 0 Å². The summed E-state index contributed by atoms with van der Waals surface area (Å²) >= 11 is 0. The minimum atomic E-state index is -0.289. The van der Waals surface area contributed by atoms with E-state index < -0.39 is 0 Å². The molecular formula is C26H42N2O4. The minimum Gasteiger partial charge on any atom is -0.459 e. The molecular weight excluding hydrogens is 404 g/mol. The molecule has 1 heterocycles. The van der Waals surface area contributed by atoms with Crippen LogP contribution in [0.4, 0.5) is 4.79 Å². The predicted molar refractivity (Wildman–Crippen MR) is 124 cm³/mol. The first-order valence-electron chi connectivity index (χ1n) is 13.2. The lowest BCUT2D eigenvalue weighted by molar-refractivity contribution is -0.145. The first-order chi connectivity index (χ1) is 15.6. The van der Waals surface area contributed by atoms with Crippen LogP contribution in [0.25, 0.3) is 0 Å². The summed E-state index contributed by atoms with van der Waals surface area (Å²) in [4.78, 5) is 25.6. The van der Waals surface area contributed by atoms with Crippen LogP contribution in [0.1, 0.15) is 103 Å². The maximum atomic E-state index is 13.3. The summed E-state index contributed by atoms with van der Waals surface area (Å²) in [6, 6.07) is -0.508.